The van der Waals surface area contributed by atoms with Gasteiger partial charge in [0, 0.05) is 18.7 Å². The zero-order valence-electron chi connectivity index (χ0n) is 14.8. The molecular formula is C20H18FN3O2S. The number of fused-ring (bicyclic) bond motifs is 1. The van der Waals surface area contributed by atoms with Crippen molar-refractivity contribution in [3.8, 4) is 11.5 Å². The maximum Gasteiger partial charge on any atom is 0.277 e. The van der Waals surface area contributed by atoms with Crippen LogP contribution >= 0.6 is 11.8 Å². The Hall–Kier alpha value is -2.67. The van der Waals surface area contributed by atoms with E-state index in [1.165, 1.54) is 35.0 Å². The van der Waals surface area contributed by atoms with Gasteiger partial charge in [-0.25, -0.2) is 4.39 Å². The predicted molar refractivity (Wildman–Crippen MR) is 101 cm³/mol. The summed E-state index contributed by atoms with van der Waals surface area (Å²) in [4.78, 5) is 14.7. The van der Waals surface area contributed by atoms with Gasteiger partial charge in [-0.3, -0.25) is 4.79 Å². The Morgan fingerprint density at radius 1 is 1.15 bits per heavy atom. The molecule has 0 N–H and O–H groups in total. The van der Waals surface area contributed by atoms with E-state index in [9.17, 15) is 9.18 Å². The van der Waals surface area contributed by atoms with Crippen LogP contribution in [0.15, 0.2) is 58.2 Å². The molecule has 138 valence electrons. The van der Waals surface area contributed by atoms with Crippen molar-refractivity contribution >= 4 is 17.7 Å². The van der Waals surface area contributed by atoms with E-state index in [1.54, 1.807) is 12.1 Å². The SMILES string of the molecule is C[C@@H](Sc1nnc(-c2ccc(F)cc2)o1)C(=O)N1CCc2ccccc2C1. The maximum absolute atomic E-state index is 13.0. The fraction of sp³-hybridized carbons (Fsp3) is 0.250. The summed E-state index contributed by atoms with van der Waals surface area (Å²) in [5.74, 6) is 0.0373. The van der Waals surface area contributed by atoms with Crippen LogP contribution in [0.4, 0.5) is 4.39 Å². The predicted octanol–water partition coefficient (Wildman–Crippen LogP) is 3.94. The number of aromatic nitrogens is 2. The van der Waals surface area contributed by atoms with Gasteiger partial charge in [-0.1, -0.05) is 36.0 Å². The summed E-state index contributed by atoms with van der Waals surface area (Å²) < 4.78 is 18.6. The molecule has 0 bridgehead atoms. The van der Waals surface area contributed by atoms with Gasteiger partial charge in [0.2, 0.25) is 11.8 Å². The van der Waals surface area contributed by atoms with Gasteiger partial charge in [-0.2, -0.15) is 0 Å². The highest BCUT2D eigenvalue weighted by molar-refractivity contribution is 8.00. The van der Waals surface area contributed by atoms with Gasteiger partial charge in [0.25, 0.3) is 5.22 Å². The Morgan fingerprint density at radius 3 is 2.67 bits per heavy atom. The highest BCUT2D eigenvalue weighted by atomic mass is 32.2. The van der Waals surface area contributed by atoms with E-state index in [-0.39, 0.29) is 17.0 Å². The van der Waals surface area contributed by atoms with Gasteiger partial charge in [0.05, 0.1) is 5.25 Å². The normalized spacial score (nSPS) is 14.7. The zero-order valence-corrected chi connectivity index (χ0v) is 15.6. The van der Waals surface area contributed by atoms with Gasteiger partial charge >= 0.3 is 0 Å². The van der Waals surface area contributed by atoms with Crippen molar-refractivity contribution in [3.63, 3.8) is 0 Å². The summed E-state index contributed by atoms with van der Waals surface area (Å²) in [7, 11) is 0. The number of hydrogen-bond donors (Lipinski definition) is 0. The van der Waals surface area contributed by atoms with E-state index in [1.807, 2.05) is 24.0 Å². The molecule has 7 heteroatoms. The summed E-state index contributed by atoms with van der Waals surface area (Å²) in [5, 5.41) is 7.98. The average Bonchev–Trinajstić information content (AvgIpc) is 3.16. The molecule has 1 atom stereocenters. The molecular weight excluding hydrogens is 365 g/mol. The van der Waals surface area contributed by atoms with Crippen molar-refractivity contribution in [2.75, 3.05) is 6.54 Å². The molecule has 0 saturated carbocycles. The summed E-state index contributed by atoms with van der Waals surface area (Å²) in [6.07, 6.45) is 0.870. The second kappa shape index (κ2) is 7.52. The van der Waals surface area contributed by atoms with E-state index in [2.05, 4.69) is 22.3 Å². The molecule has 4 rings (SSSR count). The van der Waals surface area contributed by atoms with Crippen molar-refractivity contribution in [2.24, 2.45) is 0 Å². The summed E-state index contributed by atoms with van der Waals surface area (Å²) in [6.45, 7) is 3.19. The third-order valence-electron chi connectivity index (χ3n) is 4.57. The second-order valence-electron chi connectivity index (χ2n) is 6.42. The first kappa shape index (κ1) is 17.7. The van der Waals surface area contributed by atoms with Gasteiger partial charge in [-0.05, 0) is 48.7 Å². The highest BCUT2D eigenvalue weighted by Gasteiger charge is 2.26. The van der Waals surface area contributed by atoms with Crippen LogP contribution in [0.2, 0.25) is 0 Å². The van der Waals surface area contributed by atoms with Crippen molar-refractivity contribution in [2.45, 2.75) is 30.4 Å². The Morgan fingerprint density at radius 2 is 1.89 bits per heavy atom. The third-order valence-corrected chi connectivity index (χ3v) is 5.49. The topological polar surface area (TPSA) is 59.2 Å². The van der Waals surface area contributed by atoms with E-state index in [0.717, 1.165) is 6.42 Å². The van der Waals surface area contributed by atoms with E-state index >= 15 is 0 Å². The number of thioether (sulfide) groups is 1. The lowest BCUT2D eigenvalue weighted by Gasteiger charge is -2.30. The minimum absolute atomic E-state index is 0.0519. The minimum Gasteiger partial charge on any atom is -0.411 e. The van der Waals surface area contributed by atoms with E-state index in [0.29, 0.717) is 29.8 Å². The lowest BCUT2D eigenvalue weighted by atomic mass is 10.00. The van der Waals surface area contributed by atoms with Crippen LogP contribution in [-0.4, -0.2) is 32.8 Å². The molecule has 3 aromatic rings. The fourth-order valence-electron chi connectivity index (χ4n) is 3.11. The Bertz CT molecular complexity index is 958. The largest absolute Gasteiger partial charge is 0.411 e. The quantitative estimate of drug-likeness (QED) is 0.639. The summed E-state index contributed by atoms with van der Waals surface area (Å²) >= 11 is 1.24. The van der Waals surface area contributed by atoms with E-state index < -0.39 is 0 Å². The van der Waals surface area contributed by atoms with Gasteiger partial charge in [-0.15, -0.1) is 10.2 Å². The molecule has 1 aromatic heterocycles. The molecule has 0 unspecified atom stereocenters. The van der Waals surface area contributed by atoms with Gasteiger partial charge in [0.1, 0.15) is 5.82 Å². The molecule has 0 spiro atoms. The van der Waals surface area contributed by atoms with Crippen LogP contribution in [0.1, 0.15) is 18.1 Å². The van der Waals surface area contributed by atoms with Crippen LogP contribution in [0.3, 0.4) is 0 Å². The molecule has 0 radical (unpaired) electrons. The van der Waals surface area contributed by atoms with Crippen molar-refractivity contribution in [3.05, 3.63) is 65.5 Å². The van der Waals surface area contributed by atoms with Crippen LogP contribution in [0.5, 0.6) is 0 Å². The number of carbonyl (C=O) groups is 1. The number of halogens is 1. The number of carbonyl (C=O) groups excluding carboxylic acids is 1. The van der Waals surface area contributed by atoms with Gasteiger partial charge in [0.15, 0.2) is 0 Å². The summed E-state index contributed by atoms with van der Waals surface area (Å²) in [5.41, 5.74) is 3.15. The Labute approximate surface area is 160 Å². The fourth-order valence-corrected chi connectivity index (χ4v) is 3.88. The number of nitrogens with zero attached hydrogens (tertiary/aromatic N) is 3. The van der Waals surface area contributed by atoms with Crippen LogP contribution < -0.4 is 0 Å². The first-order valence-electron chi connectivity index (χ1n) is 8.72. The molecule has 0 saturated heterocycles. The molecule has 1 aliphatic heterocycles. The van der Waals surface area contributed by atoms with Gasteiger partial charge < -0.3 is 9.32 Å². The number of benzene rings is 2. The molecule has 5 nitrogen and oxygen atoms in total. The molecule has 0 fully saturated rings. The zero-order chi connectivity index (χ0) is 18.8. The smallest absolute Gasteiger partial charge is 0.277 e. The molecule has 0 aliphatic carbocycles. The van der Waals surface area contributed by atoms with Crippen LogP contribution in [0.25, 0.3) is 11.5 Å². The molecule has 1 aliphatic rings. The standard InChI is InChI=1S/C20H18FN3O2S/c1-13(19(25)24-11-10-14-4-2-3-5-16(14)12-24)27-20-23-22-18(26-20)15-6-8-17(21)9-7-15/h2-9,13H,10-12H2,1H3/t13-/m1/s1. The molecule has 2 aromatic carbocycles. The van der Waals surface area contributed by atoms with Crippen LogP contribution in [-0.2, 0) is 17.8 Å². The number of rotatable bonds is 4. The monoisotopic (exact) mass is 383 g/mol. The van der Waals surface area contributed by atoms with Crippen molar-refractivity contribution in [1.82, 2.24) is 15.1 Å². The van der Waals surface area contributed by atoms with Crippen molar-refractivity contribution in [1.29, 1.82) is 0 Å². The second-order valence-corrected chi connectivity index (χ2v) is 7.71. The molecule has 1 amide bonds. The average molecular weight is 383 g/mol. The molecule has 27 heavy (non-hydrogen) atoms. The first-order valence-corrected chi connectivity index (χ1v) is 9.60. The lowest BCUT2D eigenvalue weighted by molar-refractivity contribution is -0.131. The van der Waals surface area contributed by atoms with E-state index in [4.69, 9.17) is 4.42 Å². The van der Waals surface area contributed by atoms with Crippen LogP contribution in [0, 0.1) is 5.82 Å². The molecule has 2 heterocycles. The number of hydrogen-bond acceptors (Lipinski definition) is 5. The Balaban J connectivity index is 1.41. The number of amides is 1. The van der Waals surface area contributed by atoms with Crippen molar-refractivity contribution < 1.29 is 13.6 Å². The third kappa shape index (κ3) is 3.88. The highest BCUT2D eigenvalue weighted by Crippen LogP contribution is 2.28. The Kier molecular flexibility index (Phi) is 4.94. The maximum atomic E-state index is 13.0. The lowest BCUT2D eigenvalue weighted by Crippen LogP contribution is -2.40. The minimum atomic E-state index is -0.336. The summed E-state index contributed by atoms with van der Waals surface area (Å²) in [6, 6.07) is 14.1. The first-order chi connectivity index (χ1) is 13.1.